The van der Waals surface area contributed by atoms with Crippen LogP contribution in [0.5, 0.6) is 0 Å². The van der Waals surface area contributed by atoms with Gasteiger partial charge in [0.15, 0.2) is 0 Å². The van der Waals surface area contributed by atoms with Crippen LogP contribution in [0.15, 0.2) is 0 Å². The standard InChI is InChI=1S/2C7H13N3O2.H2O4S/c2*8-6(9-7(11)12)10-4-2-1-3-5-10;1-5(2,3)4/h2*1-5H2,(H2,8,9)(H,11,12);(H2,1,2,3,4). The van der Waals surface area contributed by atoms with E-state index in [0.717, 1.165) is 51.9 Å². The second kappa shape index (κ2) is 13.5. The maximum atomic E-state index is 10.2. The molecule has 2 rings (SSSR count). The van der Waals surface area contributed by atoms with Gasteiger partial charge in [-0.2, -0.15) is 8.42 Å². The third-order valence-electron chi connectivity index (χ3n) is 3.80. The van der Waals surface area contributed by atoms with Crippen LogP contribution in [0.4, 0.5) is 9.59 Å². The fourth-order valence-corrected chi connectivity index (χ4v) is 2.60. The van der Waals surface area contributed by atoms with E-state index in [1.54, 1.807) is 9.80 Å². The fraction of sp³-hybridized carbons (Fsp3) is 0.714. The zero-order valence-corrected chi connectivity index (χ0v) is 16.6. The van der Waals surface area contributed by atoms with E-state index in [2.05, 4.69) is 0 Å². The van der Waals surface area contributed by atoms with Crippen LogP contribution < -0.4 is 10.6 Å². The van der Waals surface area contributed by atoms with Crippen molar-refractivity contribution in [1.29, 1.82) is 10.8 Å². The van der Waals surface area contributed by atoms with Gasteiger partial charge in [-0.1, -0.05) is 0 Å². The van der Waals surface area contributed by atoms with E-state index in [4.69, 9.17) is 38.6 Å². The summed E-state index contributed by atoms with van der Waals surface area (Å²) in [4.78, 5) is 23.8. The molecule has 0 aliphatic carbocycles. The number of carboxylic acid groups (broad SMARTS) is 2. The van der Waals surface area contributed by atoms with E-state index in [0.29, 0.717) is 0 Å². The van der Waals surface area contributed by atoms with Gasteiger partial charge in [0.05, 0.1) is 0 Å². The summed E-state index contributed by atoms with van der Waals surface area (Å²) >= 11 is 0. The van der Waals surface area contributed by atoms with Gasteiger partial charge in [-0.05, 0) is 38.5 Å². The highest BCUT2D eigenvalue weighted by molar-refractivity contribution is 7.79. The van der Waals surface area contributed by atoms with Crippen molar-refractivity contribution < 1.29 is 37.3 Å². The molecule has 15 heteroatoms. The molecule has 0 atom stereocenters. The maximum Gasteiger partial charge on any atom is 0.411 e. The van der Waals surface area contributed by atoms with E-state index in [9.17, 15) is 9.59 Å². The Morgan fingerprint density at radius 1 is 0.690 bits per heavy atom. The molecule has 2 fully saturated rings. The first-order chi connectivity index (χ1) is 13.4. The summed E-state index contributed by atoms with van der Waals surface area (Å²) in [6, 6.07) is 0. The lowest BCUT2D eigenvalue weighted by atomic mass is 10.1. The Morgan fingerprint density at radius 3 is 1.14 bits per heavy atom. The second-order valence-electron chi connectivity index (χ2n) is 6.10. The SMILES string of the molecule is N=C(NC(=O)O)N1CCCCC1.N=C(NC(=O)O)N1CCCCC1.O=S(=O)(O)O. The number of likely N-dealkylation sites (tertiary alicyclic amines) is 2. The van der Waals surface area contributed by atoms with E-state index in [-0.39, 0.29) is 11.9 Å². The average molecular weight is 440 g/mol. The second-order valence-corrected chi connectivity index (χ2v) is 7.00. The molecule has 2 aliphatic heterocycles. The molecule has 0 bridgehead atoms. The molecule has 0 unspecified atom stereocenters. The monoisotopic (exact) mass is 440 g/mol. The predicted molar refractivity (Wildman–Crippen MR) is 103 cm³/mol. The van der Waals surface area contributed by atoms with E-state index in [1.165, 1.54) is 12.8 Å². The number of rotatable bonds is 0. The number of carbonyl (C=O) groups is 2. The minimum absolute atomic E-state index is 0.00204. The summed E-state index contributed by atoms with van der Waals surface area (Å²) < 4.78 is 31.6. The lowest BCUT2D eigenvalue weighted by Crippen LogP contribution is -2.45. The van der Waals surface area contributed by atoms with Gasteiger partial charge in [0.25, 0.3) is 0 Å². The largest absolute Gasteiger partial charge is 0.465 e. The van der Waals surface area contributed by atoms with Gasteiger partial charge >= 0.3 is 22.6 Å². The van der Waals surface area contributed by atoms with Crippen LogP contribution in [-0.4, -0.2) is 87.8 Å². The lowest BCUT2D eigenvalue weighted by molar-refractivity contribution is 0.196. The number of amides is 2. The van der Waals surface area contributed by atoms with Gasteiger partial charge in [0.1, 0.15) is 0 Å². The van der Waals surface area contributed by atoms with Gasteiger partial charge in [0, 0.05) is 26.2 Å². The predicted octanol–water partition coefficient (Wildman–Crippen LogP) is 0.697. The minimum Gasteiger partial charge on any atom is -0.465 e. The van der Waals surface area contributed by atoms with Crippen LogP contribution in [0.1, 0.15) is 38.5 Å². The number of piperidine rings is 2. The Bertz CT molecular complexity index is 609. The molecule has 0 aromatic heterocycles. The zero-order valence-electron chi connectivity index (χ0n) is 15.8. The highest BCUT2D eigenvalue weighted by Crippen LogP contribution is 2.08. The van der Waals surface area contributed by atoms with Crippen LogP contribution in [0.3, 0.4) is 0 Å². The first kappa shape index (κ1) is 26.3. The molecule has 2 saturated heterocycles. The van der Waals surface area contributed by atoms with Crippen molar-refractivity contribution in [2.45, 2.75) is 38.5 Å². The third kappa shape index (κ3) is 16.0. The van der Waals surface area contributed by atoms with Crippen molar-refractivity contribution in [3.8, 4) is 0 Å². The molecule has 29 heavy (non-hydrogen) atoms. The highest BCUT2D eigenvalue weighted by atomic mass is 32.3. The molecule has 0 aromatic carbocycles. The Hall–Kier alpha value is -2.65. The Kier molecular flexibility index (Phi) is 12.3. The minimum atomic E-state index is -4.67. The van der Waals surface area contributed by atoms with E-state index < -0.39 is 22.6 Å². The van der Waals surface area contributed by atoms with E-state index in [1.807, 2.05) is 10.6 Å². The fourth-order valence-electron chi connectivity index (χ4n) is 2.60. The van der Waals surface area contributed by atoms with Gasteiger partial charge < -0.3 is 20.0 Å². The summed E-state index contributed by atoms with van der Waals surface area (Å²) in [5.41, 5.74) is 0. The van der Waals surface area contributed by atoms with Gasteiger partial charge in [-0.15, -0.1) is 0 Å². The Balaban J connectivity index is 0.000000442. The highest BCUT2D eigenvalue weighted by Gasteiger charge is 2.15. The van der Waals surface area contributed by atoms with Crippen molar-refractivity contribution >= 4 is 34.5 Å². The average Bonchev–Trinajstić information content (AvgIpc) is 2.61. The number of guanidine groups is 2. The van der Waals surface area contributed by atoms with Gasteiger partial charge in [-0.25, -0.2) is 9.59 Å². The first-order valence-corrected chi connectivity index (χ1v) is 10.2. The van der Waals surface area contributed by atoms with Crippen molar-refractivity contribution in [3.05, 3.63) is 0 Å². The van der Waals surface area contributed by atoms with Crippen molar-refractivity contribution in [3.63, 3.8) is 0 Å². The van der Waals surface area contributed by atoms with Gasteiger partial charge in [0.2, 0.25) is 11.9 Å². The number of nitrogens with one attached hydrogen (secondary N) is 4. The summed E-state index contributed by atoms with van der Waals surface area (Å²) in [6.07, 6.45) is 4.21. The van der Waals surface area contributed by atoms with Crippen molar-refractivity contribution in [2.24, 2.45) is 0 Å². The molecule has 168 valence electrons. The number of hydrogen-bond acceptors (Lipinski definition) is 6. The summed E-state index contributed by atoms with van der Waals surface area (Å²) in [7, 11) is -4.67. The molecule has 2 aliphatic rings. The van der Waals surface area contributed by atoms with Crippen LogP contribution in [-0.2, 0) is 10.4 Å². The Morgan fingerprint density at radius 2 is 0.931 bits per heavy atom. The third-order valence-corrected chi connectivity index (χ3v) is 3.80. The molecule has 0 spiro atoms. The molecular formula is C14H28N6O8S. The molecule has 14 nitrogen and oxygen atoms in total. The van der Waals surface area contributed by atoms with Crippen LogP contribution in [0.2, 0.25) is 0 Å². The zero-order chi connectivity index (χ0) is 22.4. The lowest BCUT2D eigenvalue weighted by Gasteiger charge is -2.27. The van der Waals surface area contributed by atoms with Crippen LogP contribution >= 0.6 is 0 Å². The van der Waals surface area contributed by atoms with E-state index >= 15 is 0 Å². The summed E-state index contributed by atoms with van der Waals surface area (Å²) in [6.45, 7) is 3.16. The number of hydrogen-bond donors (Lipinski definition) is 8. The first-order valence-electron chi connectivity index (χ1n) is 8.77. The molecule has 0 aromatic rings. The molecule has 2 heterocycles. The van der Waals surface area contributed by atoms with Crippen LogP contribution in [0, 0.1) is 10.8 Å². The van der Waals surface area contributed by atoms with Crippen molar-refractivity contribution in [1.82, 2.24) is 20.4 Å². The maximum absolute atomic E-state index is 10.2. The Labute approximate surface area is 168 Å². The molecule has 0 radical (unpaired) electrons. The quantitative estimate of drug-likeness (QED) is 0.149. The molecule has 2 amide bonds. The molecule has 8 N–H and O–H groups in total. The summed E-state index contributed by atoms with van der Waals surface area (Å²) in [5.74, 6) is 0.00407. The smallest absolute Gasteiger partial charge is 0.411 e. The van der Waals surface area contributed by atoms with Gasteiger partial charge in [-0.3, -0.25) is 30.6 Å². The topological polar surface area (TPSA) is 227 Å². The van der Waals surface area contributed by atoms with Crippen LogP contribution in [0.25, 0.3) is 0 Å². The number of nitrogens with zero attached hydrogens (tertiary/aromatic N) is 2. The summed E-state index contributed by atoms with van der Waals surface area (Å²) in [5, 5.41) is 35.4. The molecular weight excluding hydrogens is 412 g/mol. The normalized spacial score (nSPS) is 16.2. The molecule has 0 saturated carbocycles. The van der Waals surface area contributed by atoms with Crippen molar-refractivity contribution in [2.75, 3.05) is 26.2 Å².